The van der Waals surface area contributed by atoms with E-state index in [9.17, 15) is 9.59 Å². The Balaban J connectivity index is 2.18. The second-order valence-corrected chi connectivity index (χ2v) is 7.29. The van der Waals surface area contributed by atoms with E-state index in [2.05, 4.69) is 32.8 Å². The molecule has 1 aromatic carbocycles. The summed E-state index contributed by atoms with van der Waals surface area (Å²) in [4.78, 5) is 29.1. The molecule has 0 saturated carbocycles. The van der Waals surface area contributed by atoms with Gasteiger partial charge in [0.05, 0.1) is 5.56 Å². The number of hydrogen-bond acceptors (Lipinski definition) is 4. The average Bonchev–Trinajstić information content (AvgIpc) is 2.56. The first kappa shape index (κ1) is 17.0. The van der Waals surface area contributed by atoms with Crippen molar-refractivity contribution in [3.05, 3.63) is 62.9 Å². The number of nitrogens with zero attached hydrogens (tertiary/aromatic N) is 2. The van der Waals surface area contributed by atoms with E-state index < -0.39 is 0 Å². The molecule has 0 fully saturated rings. The lowest BCUT2D eigenvalue weighted by molar-refractivity contribution is -0.116. The molecule has 1 unspecified atom stereocenters. The molecule has 2 aromatic rings. The van der Waals surface area contributed by atoms with E-state index in [4.69, 9.17) is 0 Å². The summed E-state index contributed by atoms with van der Waals surface area (Å²) in [6.07, 6.45) is 1.98. The molecule has 2 heterocycles. The van der Waals surface area contributed by atoms with Crippen LogP contribution in [-0.2, 0) is 11.8 Å². The van der Waals surface area contributed by atoms with Crippen molar-refractivity contribution in [3.63, 3.8) is 0 Å². The van der Waals surface area contributed by atoms with E-state index in [1.54, 1.807) is 17.7 Å². The Morgan fingerprint density at radius 3 is 2.92 bits per heavy atom. The Kier molecular flexibility index (Phi) is 4.91. The number of carbonyl (C=O) groups excluding carboxylic acids is 1. The SMILES string of the molecule is C=CCSc1nc(=O)c2c(n1C)NC(=O)CC2c1ccccc1Br. The van der Waals surface area contributed by atoms with E-state index in [0.717, 1.165) is 10.0 Å². The maximum absolute atomic E-state index is 12.7. The fourth-order valence-corrected chi connectivity index (χ4v) is 4.08. The molecule has 0 radical (unpaired) electrons. The van der Waals surface area contributed by atoms with Crippen molar-refractivity contribution in [1.29, 1.82) is 0 Å². The second-order valence-electron chi connectivity index (χ2n) is 5.45. The number of benzene rings is 1. The molecular formula is C17H16BrN3O2S. The highest BCUT2D eigenvalue weighted by Gasteiger charge is 2.32. The molecule has 3 rings (SSSR count). The summed E-state index contributed by atoms with van der Waals surface area (Å²) in [5.74, 6) is 0.748. The maximum Gasteiger partial charge on any atom is 0.279 e. The van der Waals surface area contributed by atoms with Crippen LogP contribution in [0.1, 0.15) is 23.5 Å². The number of aromatic nitrogens is 2. The third-order valence-corrected chi connectivity index (χ3v) is 5.66. The van der Waals surface area contributed by atoms with Gasteiger partial charge in [0.1, 0.15) is 5.82 Å². The van der Waals surface area contributed by atoms with Crippen LogP contribution in [0.5, 0.6) is 0 Å². The van der Waals surface area contributed by atoms with E-state index in [1.807, 2.05) is 24.3 Å². The fourth-order valence-electron chi connectivity index (χ4n) is 2.82. The van der Waals surface area contributed by atoms with Crippen LogP contribution in [0.15, 0.2) is 51.3 Å². The van der Waals surface area contributed by atoms with Gasteiger partial charge in [0.15, 0.2) is 5.16 Å². The quantitative estimate of drug-likeness (QED) is 0.481. The average molecular weight is 406 g/mol. The molecule has 1 aliphatic rings. The van der Waals surface area contributed by atoms with Crippen molar-refractivity contribution in [1.82, 2.24) is 9.55 Å². The predicted octanol–water partition coefficient (Wildman–Crippen LogP) is 3.30. The minimum absolute atomic E-state index is 0.107. The normalized spacial score (nSPS) is 16.4. The minimum Gasteiger partial charge on any atom is -0.312 e. The molecule has 124 valence electrons. The molecule has 0 aliphatic carbocycles. The topological polar surface area (TPSA) is 64.0 Å². The third kappa shape index (κ3) is 3.06. The number of rotatable bonds is 4. The first-order valence-electron chi connectivity index (χ1n) is 7.41. The van der Waals surface area contributed by atoms with Gasteiger partial charge < -0.3 is 9.88 Å². The highest BCUT2D eigenvalue weighted by atomic mass is 79.9. The smallest absolute Gasteiger partial charge is 0.279 e. The van der Waals surface area contributed by atoms with Gasteiger partial charge in [-0.2, -0.15) is 4.98 Å². The molecule has 7 heteroatoms. The summed E-state index contributed by atoms with van der Waals surface area (Å²) in [7, 11) is 1.80. The minimum atomic E-state index is -0.311. The zero-order valence-corrected chi connectivity index (χ0v) is 15.5. The maximum atomic E-state index is 12.7. The lowest BCUT2D eigenvalue weighted by atomic mass is 9.87. The molecule has 0 spiro atoms. The standard InChI is InChI=1S/C17H16BrN3O2S/c1-3-8-24-17-20-16(23)14-11(10-6-4-5-7-12(10)18)9-13(22)19-15(14)21(17)2/h3-7,11H,1,8-9H2,2H3,(H,19,22). The van der Waals surface area contributed by atoms with Crippen LogP contribution in [0.4, 0.5) is 5.82 Å². The van der Waals surface area contributed by atoms with Crippen LogP contribution in [0.2, 0.25) is 0 Å². The summed E-state index contributed by atoms with van der Waals surface area (Å²) in [5, 5.41) is 3.40. The second kappa shape index (κ2) is 6.94. The predicted molar refractivity (Wildman–Crippen MR) is 99.6 cm³/mol. The van der Waals surface area contributed by atoms with Crippen LogP contribution in [-0.4, -0.2) is 21.2 Å². The zero-order chi connectivity index (χ0) is 17.3. The highest BCUT2D eigenvalue weighted by Crippen LogP contribution is 2.38. The Hall–Kier alpha value is -1.86. The van der Waals surface area contributed by atoms with Gasteiger partial charge in [0, 0.05) is 29.6 Å². The Morgan fingerprint density at radius 1 is 1.46 bits per heavy atom. The Morgan fingerprint density at radius 2 is 2.21 bits per heavy atom. The van der Waals surface area contributed by atoms with E-state index in [0.29, 0.717) is 22.3 Å². The largest absolute Gasteiger partial charge is 0.312 e. The van der Waals surface area contributed by atoms with E-state index in [1.165, 1.54) is 11.8 Å². The molecule has 1 amide bonds. The van der Waals surface area contributed by atoms with Gasteiger partial charge in [-0.25, -0.2) is 0 Å². The first-order chi connectivity index (χ1) is 11.5. The molecule has 1 aromatic heterocycles. The molecule has 1 N–H and O–H groups in total. The summed E-state index contributed by atoms with van der Waals surface area (Å²) >= 11 is 4.93. The van der Waals surface area contributed by atoms with Crippen LogP contribution >= 0.6 is 27.7 Å². The monoisotopic (exact) mass is 405 g/mol. The van der Waals surface area contributed by atoms with Crippen molar-refractivity contribution < 1.29 is 4.79 Å². The number of amides is 1. The van der Waals surface area contributed by atoms with Gasteiger partial charge in [-0.1, -0.05) is 52.0 Å². The summed E-state index contributed by atoms with van der Waals surface area (Å²) in [6.45, 7) is 3.68. The van der Waals surface area contributed by atoms with Gasteiger partial charge >= 0.3 is 0 Å². The lowest BCUT2D eigenvalue weighted by Gasteiger charge is -2.28. The number of fused-ring (bicyclic) bond motifs is 1. The summed E-state index contributed by atoms with van der Waals surface area (Å²) in [6, 6.07) is 7.64. The van der Waals surface area contributed by atoms with Crippen molar-refractivity contribution in [2.75, 3.05) is 11.1 Å². The molecule has 1 aliphatic heterocycles. The van der Waals surface area contributed by atoms with Crippen molar-refractivity contribution in [2.45, 2.75) is 17.5 Å². The number of carbonyl (C=O) groups is 1. The van der Waals surface area contributed by atoms with Crippen molar-refractivity contribution in [3.8, 4) is 0 Å². The van der Waals surface area contributed by atoms with E-state index >= 15 is 0 Å². The Bertz CT molecular complexity index is 879. The summed E-state index contributed by atoms with van der Waals surface area (Å²) < 4.78 is 2.65. The van der Waals surface area contributed by atoms with Gasteiger partial charge in [-0.15, -0.1) is 6.58 Å². The summed E-state index contributed by atoms with van der Waals surface area (Å²) in [5.41, 5.74) is 1.15. The number of halogens is 1. The first-order valence-corrected chi connectivity index (χ1v) is 9.19. The van der Waals surface area contributed by atoms with Crippen molar-refractivity contribution in [2.24, 2.45) is 7.05 Å². The van der Waals surface area contributed by atoms with Crippen LogP contribution < -0.4 is 10.9 Å². The van der Waals surface area contributed by atoms with E-state index in [-0.39, 0.29) is 23.8 Å². The van der Waals surface area contributed by atoms with Gasteiger partial charge in [-0.3, -0.25) is 9.59 Å². The number of anilines is 1. The fraction of sp³-hybridized carbons (Fsp3) is 0.235. The molecular weight excluding hydrogens is 390 g/mol. The van der Waals surface area contributed by atoms with Crippen molar-refractivity contribution >= 4 is 39.4 Å². The molecule has 5 nitrogen and oxygen atoms in total. The van der Waals surface area contributed by atoms with Crippen LogP contribution in [0.25, 0.3) is 0 Å². The van der Waals surface area contributed by atoms with Gasteiger partial charge in [0.2, 0.25) is 5.91 Å². The molecule has 24 heavy (non-hydrogen) atoms. The molecule has 1 atom stereocenters. The lowest BCUT2D eigenvalue weighted by Crippen LogP contribution is -2.33. The van der Waals surface area contributed by atoms with Crippen LogP contribution in [0, 0.1) is 0 Å². The zero-order valence-electron chi connectivity index (χ0n) is 13.1. The van der Waals surface area contributed by atoms with Crippen LogP contribution in [0.3, 0.4) is 0 Å². The number of hydrogen-bond donors (Lipinski definition) is 1. The molecule has 0 saturated heterocycles. The third-order valence-electron chi connectivity index (χ3n) is 3.91. The molecule has 0 bridgehead atoms. The van der Waals surface area contributed by atoms with Gasteiger partial charge in [-0.05, 0) is 11.6 Å². The highest BCUT2D eigenvalue weighted by molar-refractivity contribution is 9.10. The van der Waals surface area contributed by atoms with Gasteiger partial charge in [0.25, 0.3) is 5.56 Å². The Labute approximate surface area is 152 Å². The number of thioether (sulfide) groups is 1. The number of nitrogens with one attached hydrogen (secondary N) is 1.